The highest BCUT2D eigenvalue weighted by Crippen LogP contribution is 2.37. The number of pyridine rings is 1. The lowest BCUT2D eigenvalue weighted by Crippen LogP contribution is -2.38. The summed E-state index contributed by atoms with van der Waals surface area (Å²) in [5.74, 6) is 0.396. The van der Waals surface area contributed by atoms with Gasteiger partial charge in [-0.25, -0.2) is 9.37 Å². The number of amides is 1. The van der Waals surface area contributed by atoms with Gasteiger partial charge >= 0.3 is 0 Å². The average molecular weight is 452 g/mol. The molecule has 0 spiro atoms. The Hall–Kier alpha value is -3.26. The molecule has 1 amide bonds. The van der Waals surface area contributed by atoms with Gasteiger partial charge in [-0.15, -0.1) is 0 Å². The Morgan fingerprint density at radius 2 is 1.94 bits per heavy atom. The number of carbonyl (C=O) groups excluding carboxylic acids is 1. The minimum absolute atomic E-state index is 0.138. The van der Waals surface area contributed by atoms with Crippen LogP contribution in [0.5, 0.6) is 0 Å². The number of hydrogen-bond acceptors (Lipinski definition) is 5. The van der Waals surface area contributed by atoms with Gasteiger partial charge in [0.05, 0.1) is 18.8 Å². The van der Waals surface area contributed by atoms with E-state index in [0.29, 0.717) is 38.3 Å². The first-order valence-corrected chi connectivity index (χ1v) is 11.5. The number of halogens is 1. The smallest absolute Gasteiger partial charge is 0.222 e. The van der Waals surface area contributed by atoms with Gasteiger partial charge in [-0.3, -0.25) is 9.48 Å². The number of nitrogens with one attached hydrogen (secondary N) is 1. The summed E-state index contributed by atoms with van der Waals surface area (Å²) in [5, 5.41) is 18.1. The summed E-state index contributed by atoms with van der Waals surface area (Å²) in [5.41, 5.74) is 4.25. The van der Waals surface area contributed by atoms with Crippen molar-refractivity contribution in [2.45, 2.75) is 58.8 Å². The lowest BCUT2D eigenvalue weighted by molar-refractivity contribution is -0.132. The van der Waals surface area contributed by atoms with Crippen LogP contribution in [0.4, 0.5) is 10.2 Å². The van der Waals surface area contributed by atoms with E-state index in [0.717, 1.165) is 40.9 Å². The van der Waals surface area contributed by atoms with Crippen LogP contribution < -0.4 is 5.32 Å². The summed E-state index contributed by atoms with van der Waals surface area (Å²) in [6.45, 7) is 5.69. The molecule has 4 rings (SSSR count). The van der Waals surface area contributed by atoms with E-state index < -0.39 is 6.23 Å². The maximum Gasteiger partial charge on any atom is 0.222 e. The average Bonchev–Trinajstić information content (AvgIpc) is 3.18. The maximum absolute atomic E-state index is 13.6. The monoisotopic (exact) mass is 451 g/mol. The van der Waals surface area contributed by atoms with Gasteiger partial charge in [-0.2, -0.15) is 5.10 Å². The van der Waals surface area contributed by atoms with E-state index in [2.05, 4.69) is 10.3 Å². The van der Waals surface area contributed by atoms with Gasteiger partial charge in [0.1, 0.15) is 23.6 Å². The molecule has 0 bridgehead atoms. The second-order valence-corrected chi connectivity index (χ2v) is 8.34. The van der Waals surface area contributed by atoms with Crippen LogP contribution in [-0.2, 0) is 17.9 Å². The summed E-state index contributed by atoms with van der Waals surface area (Å²) >= 11 is 0. The number of carbonyl (C=O) groups is 1. The molecule has 8 heteroatoms. The molecular weight excluding hydrogens is 421 g/mol. The van der Waals surface area contributed by atoms with Gasteiger partial charge < -0.3 is 15.3 Å². The van der Waals surface area contributed by atoms with Crippen LogP contribution in [0.2, 0.25) is 0 Å². The van der Waals surface area contributed by atoms with Crippen molar-refractivity contribution in [2.75, 3.05) is 11.9 Å². The lowest BCUT2D eigenvalue weighted by Gasteiger charge is -2.28. The molecule has 3 aromatic rings. The molecule has 0 saturated carbocycles. The number of nitrogens with zero attached hydrogens (tertiary/aromatic N) is 4. The number of fused-ring (bicyclic) bond motifs is 1. The third kappa shape index (κ3) is 5.06. The Labute approximate surface area is 193 Å². The standard InChI is InChI=1S/C25H30FN5O2/c1-3-5-22(32)28-21-15-18(11-12-27-21)24-20-16-30(23(33)6-4-2)13-14-31(20)29-25(24)17-7-9-19(26)10-8-17/h7-12,15,22,32H,3-6,13-14,16H2,1-2H3,(H,27,28). The summed E-state index contributed by atoms with van der Waals surface area (Å²) < 4.78 is 15.5. The van der Waals surface area contributed by atoms with Crippen LogP contribution in [-0.4, -0.2) is 43.5 Å². The van der Waals surface area contributed by atoms with E-state index in [-0.39, 0.29) is 11.7 Å². The molecule has 33 heavy (non-hydrogen) atoms. The molecule has 0 fully saturated rings. The summed E-state index contributed by atoms with van der Waals surface area (Å²) in [6.07, 6.45) is 3.80. The Bertz CT molecular complexity index is 1110. The SMILES string of the molecule is CCCC(=O)N1CCn2nc(-c3ccc(F)cc3)c(-c3ccnc(NC(O)CCC)c3)c2C1. The van der Waals surface area contributed by atoms with Gasteiger partial charge in [0.2, 0.25) is 5.91 Å². The number of aliphatic hydroxyl groups is 1. The first-order chi connectivity index (χ1) is 16.0. The Kier molecular flexibility index (Phi) is 7.03. The Morgan fingerprint density at radius 3 is 2.67 bits per heavy atom. The number of anilines is 1. The Balaban J connectivity index is 1.78. The van der Waals surface area contributed by atoms with E-state index >= 15 is 0 Å². The fourth-order valence-corrected chi connectivity index (χ4v) is 4.20. The summed E-state index contributed by atoms with van der Waals surface area (Å²) in [7, 11) is 0. The molecule has 7 nitrogen and oxygen atoms in total. The van der Waals surface area contributed by atoms with E-state index in [1.165, 1.54) is 12.1 Å². The quantitative estimate of drug-likeness (QED) is 0.495. The predicted octanol–water partition coefficient (Wildman–Crippen LogP) is 4.42. The van der Waals surface area contributed by atoms with Crippen molar-refractivity contribution >= 4 is 11.7 Å². The minimum atomic E-state index is -0.683. The minimum Gasteiger partial charge on any atom is -0.374 e. The highest BCUT2D eigenvalue weighted by Gasteiger charge is 2.28. The molecular formula is C25H30FN5O2. The second-order valence-electron chi connectivity index (χ2n) is 8.34. The molecule has 0 radical (unpaired) electrons. The summed E-state index contributed by atoms with van der Waals surface area (Å²) in [4.78, 5) is 18.8. The van der Waals surface area contributed by atoms with E-state index in [4.69, 9.17) is 5.10 Å². The predicted molar refractivity (Wildman–Crippen MR) is 126 cm³/mol. The van der Waals surface area contributed by atoms with Crippen molar-refractivity contribution in [3.8, 4) is 22.4 Å². The van der Waals surface area contributed by atoms with Crippen LogP contribution in [0.1, 0.15) is 45.2 Å². The van der Waals surface area contributed by atoms with Crippen LogP contribution in [0, 0.1) is 5.82 Å². The van der Waals surface area contributed by atoms with Crippen molar-refractivity contribution in [3.63, 3.8) is 0 Å². The van der Waals surface area contributed by atoms with E-state index in [1.807, 2.05) is 35.6 Å². The number of aliphatic hydroxyl groups excluding tert-OH is 1. The molecule has 0 aliphatic carbocycles. The van der Waals surface area contributed by atoms with Crippen LogP contribution in [0.25, 0.3) is 22.4 Å². The van der Waals surface area contributed by atoms with Crippen molar-refractivity contribution in [1.29, 1.82) is 0 Å². The summed E-state index contributed by atoms with van der Waals surface area (Å²) in [6, 6.07) is 10.1. The normalized spacial score (nSPS) is 14.1. The number of hydrogen-bond donors (Lipinski definition) is 2. The lowest BCUT2D eigenvalue weighted by atomic mass is 9.98. The zero-order valence-corrected chi connectivity index (χ0v) is 19.1. The molecule has 3 heterocycles. The third-order valence-electron chi connectivity index (χ3n) is 5.84. The molecule has 174 valence electrons. The van der Waals surface area contributed by atoms with Crippen LogP contribution in [0.15, 0.2) is 42.6 Å². The van der Waals surface area contributed by atoms with Gasteiger partial charge in [0, 0.05) is 30.3 Å². The number of rotatable bonds is 8. The zero-order chi connectivity index (χ0) is 23.4. The van der Waals surface area contributed by atoms with Gasteiger partial charge in [-0.1, -0.05) is 20.3 Å². The zero-order valence-electron chi connectivity index (χ0n) is 19.1. The molecule has 1 aliphatic rings. The first-order valence-electron chi connectivity index (χ1n) is 11.5. The van der Waals surface area contributed by atoms with Crippen LogP contribution >= 0.6 is 0 Å². The molecule has 1 atom stereocenters. The number of benzene rings is 1. The van der Waals surface area contributed by atoms with E-state index in [9.17, 15) is 14.3 Å². The van der Waals surface area contributed by atoms with E-state index in [1.54, 1.807) is 18.3 Å². The number of aromatic nitrogens is 3. The highest BCUT2D eigenvalue weighted by molar-refractivity contribution is 5.84. The van der Waals surface area contributed by atoms with Crippen molar-refractivity contribution in [1.82, 2.24) is 19.7 Å². The highest BCUT2D eigenvalue weighted by atomic mass is 19.1. The fourth-order valence-electron chi connectivity index (χ4n) is 4.20. The van der Waals surface area contributed by atoms with Crippen molar-refractivity contribution in [3.05, 3.63) is 54.1 Å². The Morgan fingerprint density at radius 1 is 1.15 bits per heavy atom. The molecule has 2 aromatic heterocycles. The van der Waals surface area contributed by atoms with Gasteiger partial charge in [0.15, 0.2) is 0 Å². The second kappa shape index (κ2) is 10.1. The first kappa shape index (κ1) is 22.9. The molecule has 1 aromatic carbocycles. The van der Waals surface area contributed by atoms with Gasteiger partial charge in [-0.05, 0) is 54.8 Å². The van der Waals surface area contributed by atoms with Crippen LogP contribution in [0.3, 0.4) is 0 Å². The molecule has 0 saturated heterocycles. The van der Waals surface area contributed by atoms with Crippen molar-refractivity contribution in [2.24, 2.45) is 0 Å². The largest absolute Gasteiger partial charge is 0.374 e. The maximum atomic E-state index is 13.6. The molecule has 1 aliphatic heterocycles. The van der Waals surface area contributed by atoms with Gasteiger partial charge in [0.25, 0.3) is 0 Å². The molecule has 1 unspecified atom stereocenters. The third-order valence-corrected chi connectivity index (χ3v) is 5.84. The van der Waals surface area contributed by atoms with Crippen molar-refractivity contribution < 1.29 is 14.3 Å². The topological polar surface area (TPSA) is 83.3 Å². The fraction of sp³-hybridized carbons (Fsp3) is 0.400. The molecule has 2 N–H and O–H groups in total.